The van der Waals surface area contributed by atoms with Crippen LogP contribution in [-0.2, 0) is 10.0 Å². The van der Waals surface area contributed by atoms with Crippen molar-refractivity contribution in [3.63, 3.8) is 0 Å². The normalized spacial score (nSPS) is 13.6. The second-order valence-electron chi connectivity index (χ2n) is 4.00. The van der Waals surface area contributed by atoms with E-state index in [1.807, 2.05) is 13.0 Å². The van der Waals surface area contributed by atoms with Gasteiger partial charge in [-0.1, -0.05) is 31.5 Å². The lowest BCUT2D eigenvalue weighted by Gasteiger charge is -2.11. The molecule has 3 nitrogen and oxygen atoms in total. The molecule has 0 saturated heterocycles. The molecule has 17 heavy (non-hydrogen) atoms. The Bertz CT molecular complexity index is 459. The SMILES string of the molecule is CCCC(Cl)CNS(=O)(=O)c1ccccc1C. The number of rotatable bonds is 6. The average molecular weight is 276 g/mol. The molecule has 0 spiro atoms. The molecule has 0 radical (unpaired) electrons. The number of sulfonamides is 1. The molecular weight excluding hydrogens is 258 g/mol. The van der Waals surface area contributed by atoms with Gasteiger partial charge in [0.25, 0.3) is 0 Å². The Morgan fingerprint density at radius 1 is 1.35 bits per heavy atom. The zero-order valence-corrected chi connectivity index (χ0v) is 11.7. The van der Waals surface area contributed by atoms with E-state index in [0.29, 0.717) is 4.90 Å². The maximum atomic E-state index is 12.0. The quantitative estimate of drug-likeness (QED) is 0.812. The molecule has 0 heterocycles. The highest BCUT2D eigenvalue weighted by atomic mass is 35.5. The molecule has 1 unspecified atom stereocenters. The van der Waals surface area contributed by atoms with Crippen LogP contribution >= 0.6 is 11.6 Å². The van der Waals surface area contributed by atoms with Crippen molar-refractivity contribution in [2.75, 3.05) is 6.54 Å². The van der Waals surface area contributed by atoms with Crippen LogP contribution < -0.4 is 4.72 Å². The van der Waals surface area contributed by atoms with Gasteiger partial charge >= 0.3 is 0 Å². The van der Waals surface area contributed by atoms with Crippen LogP contribution in [-0.4, -0.2) is 20.3 Å². The summed E-state index contributed by atoms with van der Waals surface area (Å²) in [6.45, 7) is 4.07. The first kappa shape index (κ1) is 14.5. The summed E-state index contributed by atoms with van der Waals surface area (Å²) >= 11 is 5.99. The van der Waals surface area contributed by atoms with E-state index in [1.54, 1.807) is 25.1 Å². The minimum atomic E-state index is -3.44. The van der Waals surface area contributed by atoms with Crippen LogP contribution in [0.25, 0.3) is 0 Å². The van der Waals surface area contributed by atoms with Crippen molar-refractivity contribution in [3.05, 3.63) is 29.8 Å². The zero-order valence-electron chi connectivity index (χ0n) is 10.1. The van der Waals surface area contributed by atoms with Crippen LogP contribution in [0.2, 0.25) is 0 Å². The van der Waals surface area contributed by atoms with Gasteiger partial charge in [0.05, 0.1) is 4.90 Å². The first-order chi connectivity index (χ1) is 7.97. The fourth-order valence-corrected chi connectivity index (χ4v) is 3.26. The molecule has 5 heteroatoms. The molecule has 0 aliphatic heterocycles. The minimum Gasteiger partial charge on any atom is -0.210 e. The standard InChI is InChI=1S/C12H18ClNO2S/c1-3-6-11(13)9-14-17(15,16)12-8-5-4-7-10(12)2/h4-5,7-8,11,14H,3,6,9H2,1-2H3. The van der Waals surface area contributed by atoms with Crippen LogP contribution in [0.5, 0.6) is 0 Å². The van der Waals surface area contributed by atoms with Crippen molar-refractivity contribution in [2.24, 2.45) is 0 Å². The lowest BCUT2D eigenvalue weighted by Crippen LogP contribution is -2.30. The maximum Gasteiger partial charge on any atom is 0.240 e. The molecule has 1 N–H and O–H groups in total. The smallest absolute Gasteiger partial charge is 0.210 e. The Labute approximate surface area is 108 Å². The summed E-state index contributed by atoms with van der Waals surface area (Å²) in [6, 6.07) is 6.90. The Kier molecular flexibility index (Phi) is 5.43. The molecule has 0 aliphatic carbocycles. The zero-order chi connectivity index (χ0) is 12.9. The number of aryl methyl sites for hydroxylation is 1. The van der Waals surface area contributed by atoms with Crippen LogP contribution in [0.15, 0.2) is 29.2 Å². The van der Waals surface area contributed by atoms with Crippen LogP contribution in [0.3, 0.4) is 0 Å². The van der Waals surface area contributed by atoms with Gasteiger partial charge in [-0.2, -0.15) is 0 Å². The predicted molar refractivity (Wildman–Crippen MR) is 70.9 cm³/mol. The summed E-state index contributed by atoms with van der Waals surface area (Å²) in [5, 5.41) is -0.154. The third-order valence-electron chi connectivity index (χ3n) is 2.48. The van der Waals surface area contributed by atoms with Gasteiger partial charge in [0.1, 0.15) is 0 Å². The lowest BCUT2D eigenvalue weighted by molar-refractivity contribution is 0.576. The number of alkyl halides is 1. The van der Waals surface area contributed by atoms with Crippen molar-refractivity contribution in [1.29, 1.82) is 0 Å². The van der Waals surface area contributed by atoms with Crippen LogP contribution in [0, 0.1) is 6.92 Å². The van der Waals surface area contributed by atoms with Crippen molar-refractivity contribution in [3.8, 4) is 0 Å². The molecule has 0 bridgehead atoms. The monoisotopic (exact) mass is 275 g/mol. The summed E-state index contributed by atoms with van der Waals surface area (Å²) in [5.74, 6) is 0. The van der Waals surface area contributed by atoms with Crippen molar-refractivity contribution in [1.82, 2.24) is 4.72 Å². The first-order valence-corrected chi connectivity index (χ1v) is 7.58. The molecule has 1 aromatic rings. The number of hydrogen-bond donors (Lipinski definition) is 1. The molecule has 1 aromatic carbocycles. The molecule has 0 amide bonds. The van der Waals surface area contributed by atoms with E-state index in [4.69, 9.17) is 11.6 Å². The molecule has 1 rings (SSSR count). The van der Waals surface area contributed by atoms with E-state index in [-0.39, 0.29) is 11.9 Å². The van der Waals surface area contributed by atoms with Crippen molar-refractivity contribution < 1.29 is 8.42 Å². The van der Waals surface area contributed by atoms with Gasteiger partial charge in [-0.3, -0.25) is 0 Å². The minimum absolute atomic E-state index is 0.154. The molecule has 0 aliphatic rings. The molecule has 96 valence electrons. The van der Waals surface area contributed by atoms with Gasteiger partial charge in [-0.25, -0.2) is 13.1 Å². The fourth-order valence-electron chi connectivity index (χ4n) is 1.55. The van der Waals surface area contributed by atoms with Crippen molar-refractivity contribution in [2.45, 2.75) is 37.0 Å². The molecule has 0 saturated carbocycles. The molecular formula is C12H18ClNO2S. The van der Waals surface area contributed by atoms with Crippen LogP contribution in [0.1, 0.15) is 25.3 Å². The van der Waals surface area contributed by atoms with Gasteiger partial charge < -0.3 is 0 Å². The summed E-state index contributed by atoms with van der Waals surface area (Å²) in [7, 11) is -3.44. The van der Waals surface area contributed by atoms with Gasteiger partial charge in [0.2, 0.25) is 10.0 Å². The average Bonchev–Trinajstić information content (AvgIpc) is 2.27. The van der Waals surface area contributed by atoms with E-state index in [9.17, 15) is 8.42 Å². The molecule has 1 atom stereocenters. The number of halogens is 1. The third kappa shape index (κ3) is 4.30. The topological polar surface area (TPSA) is 46.2 Å². The fraction of sp³-hybridized carbons (Fsp3) is 0.500. The molecule has 0 fully saturated rings. The first-order valence-electron chi connectivity index (χ1n) is 5.66. The van der Waals surface area contributed by atoms with Gasteiger partial charge in [0.15, 0.2) is 0 Å². The lowest BCUT2D eigenvalue weighted by atomic mass is 10.2. The largest absolute Gasteiger partial charge is 0.240 e. The Morgan fingerprint density at radius 3 is 2.59 bits per heavy atom. The molecule has 0 aromatic heterocycles. The maximum absolute atomic E-state index is 12.0. The van der Waals surface area contributed by atoms with Gasteiger partial charge in [-0.05, 0) is 25.0 Å². The summed E-state index contributed by atoms with van der Waals surface area (Å²) in [5.41, 5.74) is 0.738. The van der Waals surface area contributed by atoms with E-state index < -0.39 is 10.0 Å². The second-order valence-corrected chi connectivity index (χ2v) is 6.36. The highest BCUT2D eigenvalue weighted by Crippen LogP contribution is 2.14. The van der Waals surface area contributed by atoms with E-state index in [2.05, 4.69) is 4.72 Å². The summed E-state index contributed by atoms with van der Waals surface area (Å²) in [4.78, 5) is 0.320. The number of benzene rings is 1. The third-order valence-corrected chi connectivity index (χ3v) is 4.44. The highest BCUT2D eigenvalue weighted by Gasteiger charge is 2.17. The summed E-state index contributed by atoms with van der Waals surface area (Å²) in [6.07, 6.45) is 1.75. The van der Waals surface area contributed by atoms with E-state index in [1.165, 1.54) is 0 Å². The summed E-state index contributed by atoms with van der Waals surface area (Å²) < 4.78 is 26.5. The number of nitrogens with one attached hydrogen (secondary N) is 1. The van der Waals surface area contributed by atoms with Gasteiger partial charge in [0, 0.05) is 11.9 Å². The van der Waals surface area contributed by atoms with E-state index in [0.717, 1.165) is 18.4 Å². The van der Waals surface area contributed by atoms with Crippen LogP contribution in [0.4, 0.5) is 0 Å². The Hall–Kier alpha value is -0.580. The second kappa shape index (κ2) is 6.38. The highest BCUT2D eigenvalue weighted by molar-refractivity contribution is 7.89. The predicted octanol–water partition coefficient (Wildman–Crippen LogP) is 2.68. The Morgan fingerprint density at radius 2 is 2.00 bits per heavy atom. The van der Waals surface area contributed by atoms with Crippen molar-refractivity contribution >= 4 is 21.6 Å². The number of hydrogen-bond acceptors (Lipinski definition) is 2. The Balaban J connectivity index is 2.73. The van der Waals surface area contributed by atoms with Gasteiger partial charge in [-0.15, -0.1) is 11.6 Å². The van der Waals surface area contributed by atoms with E-state index >= 15 is 0 Å².